The number of phenolic OH excluding ortho intramolecular Hbond substituents is 1. The van der Waals surface area contributed by atoms with Gasteiger partial charge in [-0.25, -0.2) is 5.43 Å². The first-order valence-corrected chi connectivity index (χ1v) is 8.22. The minimum Gasteiger partial charge on any atom is -0.507 e. The number of allylic oxidation sites excluding steroid dienone is 1. The maximum Gasteiger partial charge on any atom is 0.262 e. The van der Waals surface area contributed by atoms with Crippen molar-refractivity contribution in [2.75, 3.05) is 5.32 Å². The van der Waals surface area contributed by atoms with Crippen LogP contribution in [0.1, 0.15) is 24.5 Å². The highest BCUT2D eigenvalue weighted by Gasteiger charge is 2.15. The maximum atomic E-state index is 12.3. The third-order valence-corrected chi connectivity index (χ3v) is 3.73. The Kier molecular flexibility index (Phi) is 6.77. The van der Waals surface area contributed by atoms with Gasteiger partial charge in [0.15, 0.2) is 0 Å². The van der Waals surface area contributed by atoms with Crippen LogP contribution in [-0.4, -0.2) is 23.3 Å². The molecular formula is C20H23N3O2. The molecule has 25 heavy (non-hydrogen) atoms. The number of hydrogen-bond acceptors (Lipinski definition) is 4. The lowest BCUT2D eigenvalue weighted by Gasteiger charge is -2.16. The number of anilines is 1. The highest BCUT2D eigenvalue weighted by atomic mass is 16.3. The van der Waals surface area contributed by atoms with E-state index in [0.29, 0.717) is 18.4 Å². The second-order valence-electron chi connectivity index (χ2n) is 5.55. The van der Waals surface area contributed by atoms with E-state index in [1.165, 1.54) is 6.21 Å². The Morgan fingerprint density at radius 3 is 2.68 bits per heavy atom. The van der Waals surface area contributed by atoms with Crippen LogP contribution in [0.2, 0.25) is 0 Å². The van der Waals surface area contributed by atoms with Gasteiger partial charge in [0.25, 0.3) is 5.91 Å². The number of amides is 1. The van der Waals surface area contributed by atoms with Crippen LogP contribution >= 0.6 is 0 Å². The van der Waals surface area contributed by atoms with E-state index in [2.05, 4.69) is 22.4 Å². The summed E-state index contributed by atoms with van der Waals surface area (Å²) >= 11 is 0. The Hall–Kier alpha value is -3.08. The lowest BCUT2D eigenvalue weighted by atomic mass is 10.1. The van der Waals surface area contributed by atoms with Crippen molar-refractivity contribution in [2.45, 2.75) is 25.8 Å². The first-order chi connectivity index (χ1) is 12.2. The van der Waals surface area contributed by atoms with Crippen LogP contribution in [0.15, 0.2) is 66.3 Å². The molecule has 130 valence electrons. The minimum absolute atomic E-state index is 0.148. The highest BCUT2D eigenvalue weighted by molar-refractivity contribution is 5.88. The Morgan fingerprint density at radius 2 is 2.00 bits per heavy atom. The molecule has 0 aliphatic rings. The molecule has 0 fully saturated rings. The van der Waals surface area contributed by atoms with Crippen molar-refractivity contribution < 1.29 is 9.90 Å². The Labute approximate surface area is 148 Å². The molecule has 0 bridgehead atoms. The SMILES string of the molecule is C=CCc1cccc(/C=N/NC(=O)[C@@H](CC)Nc2ccccc2)c1O. The van der Waals surface area contributed by atoms with E-state index in [9.17, 15) is 9.90 Å². The van der Waals surface area contributed by atoms with Gasteiger partial charge in [0, 0.05) is 11.3 Å². The van der Waals surface area contributed by atoms with Crippen molar-refractivity contribution in [2.24, 2.45) is 5.10 Å². The number of nitrogens with zero attached hydrogens (tertiary/aromatic N) is 1. The first-order valence-electron chi connectivity index (χ1n) is 8.22. The molecule has 0 unspecified atom stereocenters. The van der Waals surface area contributed by atoms with Crippen molar-refractivity contribution in [3.63, 3.8) is 0 Å². The fourth-order valence-corrected chi connectivity index (χ4v) is 2.37. The van der Waals surface area contributed by atoms with Gasteiger partial charge >= 0.3 is 0 Å². The van der Waals surface area contributed by atoms with E-state index < -0.39 is 0 Å². The van der Waals surface area contributed by atoms with Gasteiger partial charge in [0.05, 0.1) is 6.21 Å². The summed E-state index contributed by atoms with van der Waals surface area (Å²) < 4.78 is 0. The van der Waals surface area contributed by atoms with Crippen molar-refractivity contribution in [3.8, 4) is 5.75 Å². The van der Waals surface area contributed by atoms with Crippen LogP contribution in [0, 0.1) is 0 Å². The number of carbonyl (C=O) groups excluding carboxylic acids is 1. The molecule has 0 spiro atoms. The zero-order valence-electron chi connectivity index (χ0n) is 14.3. The number of hydrazone groups is 1. The van der Waals surface area contributed by atoms with Gasteiger partial charge in [-0.15, -0.1) is 6.58 Å². The monoisotopic (exact) mass is 337 g/mol. The number of nitrogens with one attached hydrogen (secondary N) is 2. The van der Waals surface area contributed by atoms with E-state index in [4.69, 9.17) is 0 Å². The first kappa shape index (κ1) is 18.3. The van der Waals surface area contributed by atoms with Gasteiger partial charge in [-0.2, -0.15) is 5.10 Å². The molecule has 0 radical (unpaired) electrons. The summed E-state index contributed by atoms with van der Waals surface area (Å²) in [7, 11) is 0. The predicted molar refractivity (Wildman–Crippen MR) is 102 cm³/mol. The highest BCUT2D eigenvalue weighted by Crippen LogP contribution is 2.21. The maximum absolute atomic E-state index is 12.3. The zero-order valence-corrected chi connectivity index (χ0v) is 14.3. The van der Waals surface area contributed by atoms with Crippen LogP contribution in [-0.2, 0) is 11.2 Å². The Morgan fingerprint density at radius 1 is 1.24 bits per heavy atom. The van der Waals surface area contributed by atoms with Crippen molar-refractivity contribution >= 4 is 17.8 Å². The molecule has 0 saturated carbocycles. The summed E-state index contributed by atoms with van der Waals surface area (Å²) in [6.07, 6.45) is 4.35. The largest absolute Gasteiger partial charge is 0.507 e. The number of carbonyl (C=O) groups is 1. The van der Waals surface area contributed by atoms with Crippen molar-refractivity contribution in [3.05, 3.63) is 72.3 Å². The molecule has 2 aromatic carbocycles. The van der Waals surface area contributed by atoms with E-state index in [0.717, 1.165) is 11.3 Å². The molecular weight excluding hydrogens is 314 g/mol. The molecule has 5 heteroatoms. The topological polar surface area (TPSA) is 73.7 Å². The molecule has 5 nitrogen and oxygen atoms in total. The summed E-state index contributed by atoms with van der Waals surface area (Å²) in [5, 5.41) is 17.3. The summed E-state index contributed by atoms with van der Waals surface area (Å²) in [6.45, 7) is 5.59. The number of phenols is 1. The van der Waals surface area contributed by atoms with Gasteiger partial charge in [-0.05, 0) is 36.6 Å². The standard InChI is InChI=1S/C20H23N3O2/c1-3-9-15-10-8-11-16(19(15)24)14-21-23-20(25)18(4-2)22-17-12-6-5-7-13-17/h3,5-8,10-14,18,22,24H,1,4,9H2,2H3,(H,23,25)/b21-14+/t18-/m1/s1. The second kappa shape index (κ2) is 9.27. The molecule has 0 saturated heterocycles. The van der Waals surface area contributed by atoms with E-state index in [1.807, 2.05) is 49.4 Å². The smallest absolute Gasteiger partial charge is 0.262 e. The van der Waals surface area contributed by atoms with Gasteiger partial charge in [0.2, 0.25) is 0 Å². The van der Waals surface area contributed by atoms with E-state index in [1.54, 1.807) is 12.1 Å². The third-order valence-electron chi connectivity index (χ3n) is 3.73. The van der Waals surface area contributed by atoms with Crippen molar-refractivity contribution in [1.29, 1.82) is 0 Å². The number of aromatic hydroxyl groups is 1. The van der Waals surface area contributed by atoms with Gasteiger partial charge in [-0.3, -0.25) is 4.79 Å². The molecule has 2 rings (SSSR count). The summed E-state index contributed by atoms with van der Waals surface area (Å²) in [5.41, 5.74) is 4.71. The van der Waals surface area contributed by atoms with Crippen LogP contribution in [0.3, 0.4) is 0 Å². The second-order valence-corrected chi connectivity index (χ2v) is 5.55. The zero-order chi connectivity index (χ0) is 18.1. The molecule has 0 aliphatic carbocycles. The van der Waals surface area contributed by atoms with Gasteiger partial charge in [-0.1, -0.05) is 43.3 Å². The number of hydrogen-bond donors (Lipinski definition) is 3. The van der Waals surface area contributed by atoms with Crippen LogP contribution < -0.4 is 10.7 Å². The summed E-state index contributed by atoms with van der Waals surface area (Å²) in [4.78, 5) is 12.3. The van der Waals surface area contributed by atoms with Crippen LogP contribution in [0.4, 0.5) is 5.69 Å². The molecule has 0 aliphatic heterocycles. The summed E-state index contributed by atoms with van der Waals surface area (Å²) in [6, 6.07) is 14.5. The van der Waals surface area contributed by atoms with Crippen molar-refractivity contribution in [1.82, 2.24) is 5.43 Å². The number of para-hydroxylation sites is 2. The fraction of sp³-hybridized carbons (Fsp3) is 0.200. The molecule has 3 N–H and O–H groups in total. The lowest BCUT2D eigenvalue weighted by Crippen LogP contribution is -2.36. The third kappa shape index (κ3) is 5.21. The summed E-state index contributed by atoms with van der Waals surface area (Å²) in [5.74, 6) is -0.0841. The Bertz CT molecular complexity index is 742. The minimum atomic E-state index is -0.389. The van der Waals surface area contributed by atoms with Crippen LogP contribution in [0.5, 0.6) is 5.75 Å². The van der Waals surface area contributed by atoms with E-state index in [-0.39, 0.29) is 17.7 Å². The van der Waals surface area contributed by atoms with Crippen LogP contribution in [0.25, 0.3) is 0 Å². The molecule has 1 atom stereocenters. The average Bonchev–Trinajstić information content (AvgIpc) is 2.63. The van der Waals surface area contributed by atoms with Gasteiger partial charge in [0.1, 0.15) is 11.8 Å². The average molecular weight is 337 g/mol. The van der Waals surface area contributed by atoms with E-state index >= 15 is 0 Å². The molecule has 1 amide bonds. The quantitative estimate of drug-likeness (QED) is 0.392. The number of rotatable bonds is 8. The molecule has 0 aromatic heterocycles. The van der Waals surface area contributed by atoms with Gasteiger partial charge < -0.3 is 10.4 Å². The normalized spacial score (nSPS) is 11.9. The lowest BCUT2D eigenvalue weighted by molar-refractivity contribution is -0.121. The molecule has 0 heterocycles. The fourth-order valence-electron chi connectivity index (χ4n) is 2.37. The Balaban J connectivity index is 1.99. The molecule has 2 aromatic rings. The predicted octanol–water partition coefficient (Wildman–Crippen LogP) is 3.46. The number of benzene rings is 2.